The molecule has 20 heavy (non-hydrogen) atoms. The summed E-state index contributed by atoms with van der Waals surface area (Å²) < 4.78 is 3.77. The van der Waals surface area contributed by atoms with Gasteiger partial charge in [0.25, 0.3) is 5.91 Å². The first-order valence-electron chi connectivity index (χ1n) is 5.99. The first kappa shape index (κ1) is 14.1. The minimum Gasteiger partial charge on any atom is -0.478 e. The third-order valence-electron chi connectivity index (χ3n) is 2.82. The lowest BCUT2D eigenvalue weighted by Gasteiger charge is -2.08. The molecule has 0 aliphatic carbocycles. The quantitative estimate of drug-likeness (QED) is 0.902. The summed E-state index contributed by atoms with van der Waals surface area (Å²) in [7, 11) is 0. The smallest absolute Gasteiger partial charge is 0.335 e. The monoisotopic (exact) mass is 291 g/mol. The Morgan fingerprint density at radius 3 is 2.75 bits per heavy atom. The van der Waals surface area contributed by atoms with Crippen molar-refractivity contribution in [1.29, 1.82) is 0 Å². The van der Waals surface area contributed by atoms with Crippen molar-refractivity contribution in [2.75, 3.05) is 5.32 Å². The molecule has 0 spiro atoms. The molecular weight excluding hydrogens is 278 g/mol. The van der Waals surface area contributed by atoms with E-state index >= 15 is 0 Å². The Bertz CT molecular complexity index is 667. The molecule has 0 unspecified atom stereocenters. The van der Waals surface area contributed by atoms with E-state index in [2.05, 4.69) is 14.9 Å². The van der Waals surface area contributed by atoms with Crippen LogP contribution in [0.3, 0.4) is 0 Å². The molecule has 1 aromatic heterocycles. The Morgan fingerprint density at radius 1 is 1.40 bits per heavy atom. The van der Waals surface area contributed by atoms with Gasteiger partial charge < -0.3 is 10.4 Å². The highest BCUT2D eigenvalue weighted by Crippen LogP contribution is 2.19. The Morgan fingerprint density at radius 2 is 2.15 bits per heavy atom. The van der Waals surface area contributed by atoms with E-state index in [0.29, 0.717) is 28.2 Å². The second kappa shape index (κ2) is 5.79. The normalized spacial score (nSPS) is 10.3. The summed E-state index contributed by atoms with van der Waals surface area (Å²) in [6.07, 6.45) is 0.635. The highest BCUT2D eigenvalue weighted by molar-refractivity contribution is 7.08. The predicted octanol–water partition coefficient (Wildman–Crippen LogP) is 2.36. The summed E-state index contributed by atoms with van der Waals surface area (Å²) in [6, 6.07) is 4.55. The highest BCUT2D eigenvalue weighted by Gasteiger charge is 2.16. The van der Waals surface area contributed by atoms with Crippen molar-refractivity contribution in [3.63, 3.8) is 0 Å². The molecule has 1 heterocycles. The average Bonchev–Trinajstić information content (AvgIpc) is 2.89. The van der Waals surface area contributed by atoms with Gasteiger partial charge in [0, 0.05) is 5.69 Å². The zero-order valence-corrected chi connectivity index (χ0v) is 11.8. The molecular formula is C13H13N3O3S. The van der Waals surface area contributed by atoms with Crippen LogP contribution in [0.1, 0.15) is 38.2 Å². The Labute approximate surface area is 119 Å². The number of amides is 1. The lowest BCUT2D eigenvalue weighted by Crippen LogP contribution is -2.13. The van der Waals surface area contributed by atoms with Crippen molar-refractivity contribution in [3.05, 3.63) is 39.9 Å². The van der Waals surface area contributed by atoms with Gasteiger partial charge in [0.2, 0.25) is 0 Å². The number of aryl methyl sites for hydroxylation is 2. The summed E-state index contributed by atoms with van der Waals surface area (Å²) in [5, 5.41) is 15.5. The van der Waals surface area contributed by atoms with Crippen LogP contribution in [0.5, 0.6) is 0 Å². The minimum atomic E-state index is -0.995. The van der Waals surface area contributed by atoms with Crippen LogP contribution in [0.15, 0.2) is 18.2 Å². The number of benzene rings is 1. The number of hydrogen-bond donors (Lipinski definition) is 2. The van der Waals surface area contributed by atoms with Gasteiger partial charge in [-0.25, -0.2) is 4.79 Å². The van der Waals surface area contributed by atoms with Gasteiger partial charge in [-0.1, -0.05) is 11.4 Å². The van der Waals surface area contributed by atoms with Gasteiger partial charge in [-0.2, -0.15) is 0 Å². The SMILES string of the molecule is CCc1nnsc1C(=O)Nc1ccc(C(=O)O)cc1C. The Hall–Kier alpha value is -2.28. The molecule has 0 saturated heterocycles. The molecule has 0 radical (unpaired) electrons. The van der Waals surface area contributed by atoms with Crippen LogP contribution in [-0.4, -0.2) is 26.6 Å². The fourth-order valence-electron chi connectivity index (χ4n) is 1.73. The van der Waals surface area contributed by atoms with Gasteiger partial charge in [0.05, 0.1) is 11.3 Å². The van der Waals surface area contributed by atoms with Crippen LogP contribution in [0, 0.1) is 6.92 Å². The van der Waals surface area contributed by atoms with E-state index in [1.807, 2.05) is 6.92 Å². The number of aromatic nitrogens is 2. The summed E-state index contributed by atoms with van der Waals surface area (Å²) in [5.74, 6) is -1.27. The molecule has 0 aliphatic rings. The van der Waals surface area contributed by atoms with Gasteiger partial charge in [-0.3, -0.25) is 4.79 Å². The molecule has 0 aliphatic heterocycles. The van der Waals surface area contributed by atoms with Gasteiger partial charge in [0.1, 0.15) is 4.88 Å². The van der Waals surface area contributed by atoms with Gasteiger partial charge in [-0.15, -0.1) is 5.10 Å². The van der Waals surface area contributed by atoms with Gasteiger partial charge >= 0.3 is 5.97 Å². The van der Waals surface area contributed by atoms with E-state index in [0.717, 1.165) is 11.5 Å². The van der Waals surface area contributed by atoms with Crippen LogP contribution in [0.4, 0.5) is 5.69 Å². The molecule has 2 N–H and O–H groups in total. The number of rotatable bonds is 4. The molecule has 0 atom stereocenters. The van der Waals surface area contributed by atoms with E-state index in [-0.39, 0.29) is 11.5 Å². The molecule has 6 nitrogen and oxygen atoms in total. The number of hydrogen-bond acceptors (Lipinski definition) is 5. The summed E-state index contributed by atoms with van der Waals surface area (Å²) in [5.41, 5.74) is 2.12. The van der Waals surface area contributed by atoms with Crippen molar-refractivity contribution < 1.29 is 14.7 Å². The number of carboxylic acids is 1. The first-order chi connectivity index (χ1) is 9.52. The van der Waals surface area contributed by atoms with E-state index in [1.165, 1.54) is 12.1 Å². The third-order valence-corrected chi connectivity index (χ3v) is 3.59. The lowest BCUT2D eigenvalue weighted by atomic mass is 10.1. The number of anilines is 1. The molecule has 7 heteroatoms. The molecule has 0 fully saturated rings. The zero-order chi connectivity index (χ0) is 14.7. The summed E-state index contributed by atoms with van der Waals surface area (Å²) >= 11 is 1.05. The van der Waals surface area contributed by atoms with Crippen molar-refractivity contribution in [2.45, 2.75) is 20.3 Å². The Kier molecular flexibility index (Phi) is 4.09. The average molecular weight is 291 g/mol. The minimum absolute atomic E-state index is 0.189. The largest absolute Gasteiger partial charge is 0.478 e. The third kappa shape index (κ3) is 2.83. The number of carbonyl (C=O) groups excluding carboxylic acids is 1. The van der Waals surface area contributed by atoms with E-state index < -0.39 is 5.97 Å². The van der Waals surface area contributed by atoms with Gasteiger partial charge in [0.15, 0.2) is 0 Å². The maximum Gasteiger partial charge on any atom is 0.335 e. The fourth-order valence-corrected chi connectivity index (χ4v) is 2.37. The molecule has 2 aromatic rings. The van der Waals surface area contributed by atoms with E-state index in [9.17, 15) is 9.59 Å². The van der Waals surface area contributed by atoms with E-state index in [4.69, 9.17) is 5.11 Å². The number of carbonyl (C=O) groups is 2. The molecule has 104 valence electrons. The molecule has 2 rings (SSSR count). The Balaban J connectivity index is 2.22. The fraction of sp³-hybridized carbons (Fsp3) is 0.231. The maximum atomic E-state index is 12.1. The number of nitrogens with one attached hydrogen (secondary N) is 1. The van der Waals surface area contributed by atoms with E-state index in [1.54, 1.807) is 13.0 Å². The van der Waals surface area contributed by atoms with Crippen LogP contribution in [0.25, 0.3) is 0 Å². The van der Waals surface area contributed by atoms with Crippen molar-refractivity contribution in [2.24, 2.45) is 0 Å². The van der Waals surface area contributed by atoms with Crippen molar-refractivity contribution in [3.8, 4) is 0 Å². The number of aromatic carboxylic acids is 1. The molecule has 0 saturated carbocycles. The first-order valence-corrected chi connectivity index (χ1v) is 6.76. The molecule has 1 aromatic carbocycles. The number of carboxylic acid groups (broad SMARTS) is 1. The maximum absolute atomic E-state index is 12.1. The second-order valence-corrected chi connectivity index (χ2v) is 4.95. The number of nitrogens with zero attached hydrogens (tertiary/aromatic N) is 2. The van der Waals surface area contributed by atoms with Crippen LogP contribution in [-0.2, 0) is 6.42 Å². The van der Waals surface area contributed by atoms with Crippen LogP contribution < -0.4 is 5.32 Å². The van der Waals surface area contributed by atoms with Crippen molar-refractivity contribution >= 4 is 29.1 Å². The van der Waals surface area contributed by atoms with Crippen LogP contribution >= 0.6 is 11.5 Å². The zero-order valence-electron chi connectivity index (χ0n) is 11.0. The molecule has 0 bridgehead atoms. The van der Waals surface area contributed by atoms with Crippen molar-refractivity contribution in [1.82, 2.24) is 9.59 Å². The second-order valence-electron chi connectivity index (χ2n) is 4.19. The standard InChI is InChI=1S/C13H13N3O3S/c1-3-9-11(20-16-15-9)12(17)14-10-5-4-8(13(18)19)6-7(10)2/h4-6H,3H2,1-2H3,(H,14,17)(H,18,19). The topological polar surface area (TPSA) is 92.2 Å². The molecule has 1 amide bonds. The van der Waals surface area contributed by atoms with Gasteiger partial charge in [-0.05, 0) is 48.6 Å². The lowest BCUT2D eigenvalue weighted by molar-refractivity contribution is 0.0696. The summed E-state index contributed by atoms with van der Waals surface area (Å²) in [6.45, 7) is 3.65. The summed E-state index contributed by atoms with van der Waals surface area (Å²) in [4.78, 5) is 23.5. The predicted molar refractivity (Wildman–Crippen MR) is 75.4 cm³/mol. The van der Waals surface area contributed by atoms with Crippen LogP contribution in [0.2, 0.25) is 0 Å². The highest BCUT2D eigenvalue weighted by atomic mass is 32.1.